The summed E-state index contributed by atoms with van der Waals surface area (Å²) in [5.74, 6) is -0.251. The average Bonchev–Trinajstić information content (AvgIpc) is 3.48. The lowest BCUT2D eigenvalue weighted by molar-refractivity contribution is 0.0748. The lowest BCUT2D eigenvalue weighted by Crippen LogP contribution is -2.30. The molecular formula is C25H29N3O6. The van der Waals surface area contributed by atoms with Crippen molar-refractivity contribution in [3.8, 4) is 17.2 Å². The molecule has 2 aromatic carbocycles. The molecule has 0 bridgehead atoms. The third kappa shape index (κ3) is 4.94. The number of fused-ring (bicyclic) bond motifs is 1. The van der Waals surface area contributed by atoms with Gasteiger partial charge in [-0.2, -0.15) is 0 Å². The standard InChI is InChI=1S/C25H29N3O6/c1-26-7-9-34-18-6-5-16-13-28(14-17(16)10-18)25(32)21-11-20(22(29)12-23(21)30)24(31)27(2)15-19-4-3-8-33-19/h4-6,10-12,26,29-30H,3,7-9,13-15H2,1-2H3. The maximum Gasteiger partial charge on any atom is 0.258 e. The molecule has 2 aromatic rings. The number of nitrogens with one attached hydrogen (secondary N) is 1. The van der Waals surface area contributed by atoms with Gasteiger partial charge in [-0.3, -0.25) is 9.59 Å². The maximum atomic E-state index is 13.3. The molecule has 0 aromatic heterocycles. The number of aromatic hydroxyl groups is 2. The number of hydrogen-bond donors (Lipinski definition) is 3. The molecule has 0 unspecified atom stereocenters. The Morgan fingerprint density at radius 1 is 1.12 bits per heavy atom. The molecule has 0 radical (unpaired) electrons. The number of carbonyl (C=O) groups excluding carboxylic acids is 2. The number of benzene rings is 2. The van der Waals surface area contributed by atoms with E-state index in [9.17, 15) is 19.8 Å². The van der Waals surface area contributed by atoms with Crippen molar-refractivity contribution in [1.82, 2.24) is 15.1 Å². The Hall–Kier alpha value is -3.72. The number of ether oxygens (including phenoxy) is 2. The van der Waals surface area contributed by atoms with Gasteiger partial charge in [0.2, 0.25) is 0 Å². The number of hydrogen-bond acceptors (Lipinski definition) is 7. The van der Waals surface area contributed by atoms with E-state index < -0.39 is 11.8 Å². The zero-order chi connectivity index (χ0) is 24.2. The van der Waals surface area contributed by atoms with Crippen molar-refractivity contribution >= 4 is 11.8 Å². The summed E-state index contributed by atoms with van der Waals surface area (Å²) in [6.45, 7) is 2.83. The van der Waals surface area contributed by atoms with Gasteiger partial charge >= 0.3 is 0 Å². The van der Waals surface area contributed by atoms with Crippen LogP contribution in [0, 0.1) is 0 Å². The molecular weight excluding hydrogens is 438 g/mol. The molecule has 0 fully saturated rings. The number of phenols is 2. The van der Waals surface area contributed by atoms with Gasteiger partial charge in [-0.1, -0.05) is 6.07 Å². The molecule has 4 rings (SSSR count). The van der Waals surface area contributed by atoms with Gasteiger partial charge in [-0.05, 0) is 42.4 Å². The summed E-state index contributed by atoms with van der Waals surface area (Å²) in [4.78, 5) is 29.2. The number of rotatable bonds is 8. The fourth-order valence-corrected chi connectivity index (χ4v) is 4.06. The predicted octanol–water partition coefficient (Wildman–Crippen LogP) is 2.23. The maximum absolute atomic E-state index is 13.3. The fraction of sp³-hybridized carbons (Fsp3) is 0.360. The van der Waals surface area contributed by atoms with Crippen LogP contribution in [0.1, 0.15) is 38.3 Å². The van der Waals surface area contributed by atoms with Crippen LogP contribution in [0.4, 0.5) is 0 Å². The molecule has 3 N–H and O–H groups in total. The van der Waals surface area contributed by atoms with Crippen molar-refractivity contribution in [2.75, 3.05) is 40.4 Å². The van der Waals surface area contributed by atoms with E-state index in [-0.39, 0.29) is 29.2 Å². The van der Waals surface area contributed by atoms with Crippen LogP contribution in [0.15, 0.2) is 42.2 Å². The van der Waals surface area contributed by atoms with Crippen molar-refractivity contribution in [2.45, 2.75) is 19.5 Å². The van der Waals surface area contributed by atoms with E-state index in [1.54, 1.807) is 11.9 Å². The van der Waals surface area contributed by atoms with Crippen LogP contribution < -0.4 is 10.1 Å². The van der Waals surface area contributed by atoms with Gasteiger partial charge in [-0.15, -0.1) is 0 Å². The molecule has 9 nitrogen and oxygen atoms in total. The summed E-state index contributed by atoms with van der Waals surface area (Å²) in [6.07, 6.45) is 2.71. The van der Waals surface area contributed by atoms with E-state index in [0.717, 1.165) is 35.9 Å². The first-order valence-corrected chi connectivity index (χ1v) is 11.2. The molecule has 0 aliphatic carbocycles. The smallest absolute Gasteiger partial charge is 0.258 e. The fourth-order valence-electron chi connectivity index (χ4n) is 4.06. The molecule has 180 valence electrons. The summed E-state index contributed by atoms with van der Waals surface area (Å²) in [5, 5.41) is 23.7. The van der Waals surface area contributed by atoms with E-state index in [1.165, 1.54) is 11.0 Å². The molecule has 0 saturated heterocycles. The van der Waals surface area contributed by atoms with Crippen molar-refractivity contribution in [1.29, 1.82) is 0 Å². The third-order valence-corrected chi connectivity index (χ3v) is 5.90. The lowest BCUT2D eigenvalue weighted by Gasteiger charge is -2.20. The first kappa shape index (κ1) is 23.4. The van der Waals surface area contributed by atoms with Crippen LogP contribution in [0.25, 0.3) is 0 Å². The summed E-state index contributed by atoms with van der Waals surface area (Å²) in [7, 11) is 3.44. The van der Waals surface area contributed by atoms with Crippen LogP contribution in [0.5, 0.6) is 17.2 Å². The first-order valence-electron chi connectivity index (χ1n) is 11.2. The van der Waals surface area contributed by atoms with Crippen LogP contribution >= 0.6 is 0 Å². The number of phenolic OH excluding ortho intramolecular Hbond substituents is 2. The van der Waals surface area contributed by atoms with Crippen molar-refractivity contribution in [2.24, 2.45) is 0 Å². The normalized spacial score (nSPS) is 14.4. The number of likely N-dealkylation sites (N-methyl/N-ethyl adjacent to an activating group) is 2. The molecule has 2 heterocycles. The molecule has 9 heteroatoms. The van der Waals surface area contributed by atoms with Gasteiger partial charge in [0, 0.05) is 39.2 Å². The highest BCUT2D eigenvalue weighted by atomic mass is 16.5. The first-order chi connectivity index (χ1) is 16.4. The van der Waals surface area contributed by atoms with E-state index in [1.807, 2.05) is 31.3 Å². The lowest BCUT2D eigenvalue weighted by atomic mass is 10.1. The molecule has 2 aliphatic heterocycles. The van der Waals surface area contributed by atoms with Crippen LogP contribution in [0.2, 0.25) is 0 Å². The summed E-state index contributed by atoms with van der Waals surface area (Å²) >= 11 is 0. The zero-order valence-electron chi connectivity index (χ0n) is 19.3. The van der Waals surface area contributed by atoms with Gasteiger partial charge in [0.15, 0.2) is 0 Å². The van der Waals surface area contributed by atoms with Gasteiger partial charge in [0.1, 0.15) is 29.6 Å². The Balaban J connectivity index is 1.50. The van der Waals surface area contributed by atoms with Gasteiger partial charge < -0.3 is 34.8 Å². The minimum atomic E-state index is -0.476. The van der Waals surface area contributed by atoms with Gasteiger partial charge in [0.25, 0.3) is 11.8 Å². The van der Waals surface area contributed by atoms with Crippen molar-refractivity contribution < 1.29 is 29.3 Å². The Kier molecular flexibility index (Phi) is 6.93. The summed E-state index contributed by atoms with van der Waals surface area (Å²) in [6, 6.07) is 8.01. The molecule has 0 saturated carbocycles. The monoisotopic (exact) mass is 467 g/mol. The quantitative estimate of drug-likeness (QED) is 0.511. The number of nitrogens with zero attached hydrogens (tertiary/aromatic N) is 2. The second-order valence-corrected chi connectivity index (χ2v) is 8.40. The largest absolute Gasteiger partial charge is 0.507 e. The molecule has 0 spiro atoms. The topological polar surface area (TPSA) is 112 Å². The van der Waals surface area contributed by atoms with E-state index in [2.05, 4.69) is 5.32 Å². The number of carbonyl (C=O) groups is 2. The molecule has 34 heavy (non-hydrogen) atoms. The summed E-state index contributed by atoms with van der Waals surface area (Å²) in [5.41, 5.74) is 1.87. The van der Waals surface area contributed by atoms with Crippen molar-refractivity contribution in [3.05, 3.63) is 64.4 Å². The average molecular weight is 468 g/mol. The minimum absolute atomic E-state index is 0.0378. The highest BCUT2D eigenvalue weighted by Crippen LogP contribution is 2.33. The van der Waals surface area contributed by atoms with E-state index in [0.29, 0.717) is 32.1 Å². The Labute approximate surface area is 198 Å². The van der Waals surface area contributed by atoms with Crippen LogP contribution in [0.3, 0.4) is 0 Å². The Bertz CT molecular complexity index is 1130. The second kappa shape index (κ2) is 10.0. The van der Waals surface area contributed by atoms with Gasteiger partial charge in [0.05, 0.1) is 24.3 Å². The SMILES string of the molecule is CNCCOc1ccc2c(c1)CN(C(=O)c1cc(C(=O)N(C)CC3=CCCO3)c(O)cc1O)C2. The highest BCUT2D eigenvalue weighted by molar-refractivity contribution is 6.03. The van der Waals surface area contributed by atoms with E-state index >= 15 is 0 Å². The molecule has 2 aliphatic rings. The summed E-state index contributed by atoms with van der Waals surface area (Å²) < 4.78 is 11.2. The Morgan fingerprint density at radius 3 is 2.62 bits per heavy atom. The van der Waals surface area contributed by atoms with Crippen LogP contribution in [-0.2, 0) is 17.8 Å². The van der Waals surface area contributed by atoms with Crippen molar-refractivity contribution in [3.63, 3.8) is 0 Å². The molecule has 2 amide bonds. The van der Waals surface area contributed by atoms with Gasteiger partial charge in [-0.25, -0.2) is 0 Å². The highest BCUT2D eigenvalue weighted by Gasteiger charge is 2.29. The second-order valence-electron chi connectivity index (χ2n) is 8.40. The predicted molar refractivity (Wildman–Crippen MR) is 125 cm³/mol. The molecule has 0 atom stereocenters. The minimum Gasteiger partial charge on any atom is -0.507 e. The number of amides is 2. The Morgan fingerprint density at radius 2 is 1.88 bits per heavy atom. The third-order valence-electron chi connectivity index (χ3n) is 5.90. The van der Waals surface area contributed by atoms with E-state index in [4.69, 9.17) is 9.47 Å². The zero-order valence-corrected chi connectivity index (χ0v) is 19.3. The van der Waals surface area contributed by atoms with Crippen LogP contribution in [-0.4, -0.2) is 72.2 Å².